The van der Waals surface area contributed by atoms with Crippen molar-refractivity contribution >= 4 is 38.6 Å². The minimum Gasteiger partial charge on any atom is -0.240 e. The molecule has 0 aliphatic heterocycles. The summed E-state index contributed by atoms with van der Waals surface area (Å²) in [6.07, 6.45) is 0. The Labute approximate surface area is 129 Å². The van der Waals surface area contributed by atoms with Gasteiger partial charge in [-0.15, -0.1) is 0 Å². The number of hydrogen-bond acceptors (Lipinski definition) is 3. The van der Waals surface area contributed by atoms with Crippen molar-refractivity contribution in [1.29, 1.82) is 5.26 Å². The third kappa shape index (κ3) is 2.55. The molecule has 1 heterocycles. The zero-order valence-electron chi connectivity index (χ0n) is 10.4. The maximum atomic E-state index is 9.31. The highest BCUT2D eigenvalue weighted by atomic mass is 79.9. The summed E-state index contributed by atoms with van der Waals surface area (Å²) >= 11 is 5.02. The lowest BCUT2D eigenvalue weighted by Gasteiger charge is -2.06. The number of pyridine rings is 1. The Morgan fingerprint density at radius 3 is 2.60 bits per heavy atom. The Morgan fingerprint density at radius 1 is 1.05 bits per heavy atom. The fourth-order valence-electron chi connectivity index (χ4n) is 1.89. The molecular weight excluding hydrogens is 332 g/mol. The SMILES string of the molecule is N#Cc1cc2ccccc2nc1Sc1ccccc1Br. The molecule has 0 saturated carbocycles. The maximum absolute atomic E-state index is 9.31. The number of nitriles is 1. The van der Waals surface area contributed by atoms with E-state index in [0.29, 0.717) is 5.56 Å². The highest BCUT2D eigenvalue weighted by molar-refractivity contribution is 9.10. The summed E-state index contributed by atoms with van der Waals surface area (Å²) in [5.41, 5.74) is 1.51. The molecule has 2 nitrogen and oxygen atoms in total. The molecule has 3 aromatic rings. The van der Waals surface area contributed by atoms with Crippen LogP contribution in [0.5, 0.6) is 0 Å². The molecule has 4 heteroatoms. The third-order valence-corrected chi connectivity index (χ3v) is 4.89. The van der Waals surface area contributed by atoms with E-state index in [1.165, 1.54) is 11.8 Å². The van der Waals surface area contributed by atoms with Crippen molar-refractivity contribution in [2.24, 2.45) is 0 Å². The van der Waals surface area contributed by atoms with Gasteiger partial charge in [-0.05, 0) is 40.2 Å². The minimum absolute atomic E-state index is 0.601. The first-order valence-corrected chi connectivity index (χ1v) is 7.61. The van der Waals surface area contributed by atoms with Crippen LogP contribution in [0, 0.1) is 11.3 Å². The normalized spacial score (nSPS) is 10.4. The van der Waals surface area contributed by atoms with E-state index < -0.39 is 0 Å². The molecule has 0 fully saturated rings. The van der Waals surface area contributed by atoms with Gasteiger partial charge in [0.25, 0.3) is 0 Å². The molecule has 0 N–H and O–H groups in total. The largest absolute Gasteiger partial charge is 0.240 e. The molecular formula is C16H9BrN2S. The van der Waals surface area contributed by atoms with Gasteiger partial charge in [-0.3, -0.25) is 0 Å². The molecule has 0 radical (unpaired) electrons. The number of benzene rings is 2. The monoisotopic (exact) mass is 340 g/mol. The molecule has 2 aromatic carbocycles. The van der Waals surface area contributed by atoms with Crippen molar-refractivity contribution in [2.45, 2.75) is 9.92 Å². The zero-order chi connectivity index (χ0) is 13.9. The van der Waals surface area contributed by atoms with E-state index in [2.05, 4.69) is 27.0 Å². The van der Waals surface area contributed by atoms with Crippen LogP contribution in [0.25, 0.3) is 10.9 Å². The lowest BCUT2D eigenvalue weighted by atomic mass is 10.2. The fourth-order valence-corrected chi connectivity index (χ4v) is 3.29. The van der Waals surface area contributed by atoms with Crippen LogP contribution in [0.1, 0.15) is 5.56 Å². The quantitative estimate of drug-likeness (QED) is 0.657. The summed E-state index contributed by atoms with van der Waals surface area (Å²) in [6.45, 7) is 0. The van der Waals surface area contributed by atoms with Gasteiger partial charge in [0, 0.05) is 14.8 Å². The van der Waals surface area contributed by atoms with Crippen molar-refractivity contribution in [3.8, 4) is 6.07 Å². The van der Waals surface area contributed by atoms with Crippen LogP contribution >= 0.6 is 27.7 Å². The molecule has 3 rings (SSSR count). The first-order chi connectivity index (χ1) is 9.78. The number of fused-ring (bicyclic) bond motifs is 1. The van der Waals surface area contributed by atoms with E-state index in [1.54, 1.807) is 0 Å². The predicted octanol–water partition coefficient (Wildman–Crippen LogP) is 5.02. The topological polar surface area (TPSA) is 36.7 Å². The second-order valence-corrected chi connectivity index (χ2v) is 6.06. The molecule has 96 valence electrons. The smallest absolute Gasteiger partial charge is 0.119 e. The van der Waals surface area contributed by atoms with E-state index in [4.69, 9.17) is 0 Å². The van der Waals surface area contributed by atoms with E-state index >= 15 is 0 Å². The molecule has 20 heavy (non-hydrogen) atoms. The van der Waals surface area contributed by atoms with Crippen LogP contribution in [0.4, 0.5) is 0 Å². The number of hydrogen-bond donors (Lipinski definition) is 0. The lowest BCUT2D eigenvalue weighted by molar-refractivity contribution is 1.16. The minimum atomic E-state index is 0.601. The Balaban J connectivity index is 2.11. The Kier molecular flexibility index (Phi) is 3.72. The van der Waals surface area contributed by atoms with Gasteiger partial charge in [0.15, 0.2) is 0 Å². The van der Waals surface area contributed by atoms with Gasteiger partial charge in [0.05, 0.1) is 11.1 Å². The van der Waals surface area contributed by atoms with Gasteiger partial charge in [0.2, 0.25) is 0 Å². The van der Waals surface area contributed by atoms with Crippen molar-refractivity contribution in [3.63, 3.8) is 0 Å². The molecule has 1 aromatic heterocycles. The first kappa shape index (κ1) is 13.2. The average Bonchev–Trinajstić information content (AvgIpc) is 2.49. The summed E-state index contributed by atoms with van der Waals surface area (Å²) in [5, 5.41) is 11.0. The van der Waals surface area contributed by atoms with Crippen LogP contribution < -0.4 is 0 Å². The van der Waals surface area contributed by atoms with Crippen molar-refractivity contribution < 1.29 is 0 Å². The van der Waals surface area contributed by atoms with Gasteiger partial charge in [0.1, 0.15) is 11.1 Å². The van der Waals surface area contributed by atoms with E-state index in [1.807, 2.05) is 54.6 Å². The Bertz CT molecular complexity index is 824. The highest BCUT2D eigenvalue weighted by Crippen LogP contribution is 2.34. The van der Waals surface area contributed by atoms with Crippen LogP contribution in [-0.2, 0) is 0 Å². The molecule has 0 spiro atoms. The third-order valence-electron chi connectivity index (χ3n) is 2.85. The molecule has 0 bridgehead atoms. The molecule has 0 atom stereocenters. The maximum Gasteiger partial charge on any atom is 0.119 e. The predicted molar refractivity (Wildman–Crippen MR) is 84.7 cm³/mol. The summed E-state index contributed by atoms with van der Waals surface area (Å²) < 4.78 is 1.00. The Morgan fingerprint density at radius 2 is 1.80 bits per heavy atom. The Hall–Kier alpha value is -1.83. The molecule has 0 aliphatic carbocycles. The second-order valence-electron chi connectivity index (χ2n) is 4.18. The summed E-state index contributed by atoms with van der Waals surface area (Å²) in [4.78, 5) is 5.65. The molecule has 0 saturated heterocycles. The van der Waals surface area contributed by atoms with Gasteiger partial charge in [-0.25, -0.2) is 4.98 Å². The number of aromatic nitrogens is 1. The first-order valence-electron chi connectivity index (χ1n) is 6.00. The van der Waals surface area contributed by atoms with Gasteiger partial charge in [-0.1, -0.05) is 42.1 Å². The van der Waals surface area contributed by atoms with Gasteiger partial charge < -0.3 is 0 Å². The average molecular weight is 341 g/mol. The van der Waals surface area contributed by atoms with Crippen LogP contribution in [0.2, 0.25) is 0 Å². The lowest BCUT2D eigenvalue weighted by Crippen LogP contribution is -1.89. The number of nitrogens with zero attached hydrogens (tertiary/aromatic N) is 2. The van der Waals surface area contributed by atoms with E-state index in [-0.39, 0.29) is 0 Å². The van der Waals surface area contributed by atoms with Crippen LogP contribution in [0.15, 0.2) is 69.0 Å². The molecule has 0 amide bonds. The van der Waals surface area contributed by atoms with E-state index in [0.717, 1.165) is 25.3 Å². The summed E-state index contributed by atoms with van der Waals surface area (Å²) in [5.74, 6) is 0. The zero-order valence-corrected chi connectivity index (χ0v) is 12.8. The van der Waals surface area contributed by atoms with Gasteiger partial charge in [-0.2, -0.15) is 5.26 Å². The van der Waals surface area contributed by atoms with Crippen molar-refractivity contribution in [3.05, 3.63) is 64.6 Å². The van der Waals surface area contributed by atoms with Crippen LogP contribution in [0.3, 0.4) is 0 Å². The number of rotatable bonds is 2. The fraction of sp³-hybridized carbons (Fsp3) is 0. The van der Waals surface area contributed by atoms with Crippen LogP contribution in [-0.4, -0.2) is 4.98 Å². The second kappa shape index (κ2) is 5.66. The molecule has 0 unspecified atom stereocenters. The standard InChI is InChI=1S/C16H9BrN2S/c17-13-6-2-4-8-15(13)20-16-12(10-18)9-11-5-1-3-7-14(11)19-16/h1-9H. The summed E-state index contributed by atoms with van der Waals surface area (Å²) in [7, 11) is 0. The number of para-hydroxylation sites is 1. The van der Waals surface area contributed by atoms with Gasteiger partial charge >= 0.3 is 0 Å². The van der Waals surface area contributed by atoms with Crippen molar-refractivity contribution in [2.75, 3.05) is 0 Å². The van der Waals surface area contributed by atoms with Crippen molar-refractivity contribution in [1.82, 2.24) is 4.98 Å². The number of halogens is 1. The van der Waals surface area contributed by atoms with E-state index in [9.17, 15) is 5.26 Å². The highest BCUT2D eigenvalue weighted by Gasteiger charge is 2.10. The summed E-state index contributed by atoms with van der Waals surface area (Å²) in [6, 6.07) is 19.9. The molecule has 0 aliphatic rings.